The summed E-state index contributed by atoms with van der Waals surface area (Å²) in [5.41, 5.74) is 4.91. The van der Waals surface area contributed by atoms with Gasteiger partial charge in [-0.05, 0) is 61.1 Å². The second-order valence-electron chi connectivity index (χ2n) is 11.1. The monoisotopic (exact) mass is 578 g/mol. The third-order valence-electron chi connectivity index (χ3n) is 7.56. The number of hydrogen-bond acceptors (Lipinski definition) is 3. The fourth-order valence-electron chi connectivity index (χ4n) is 5.63. The first-order valence-electron chi connectivity index (χ1n) is 12.7. The third-order valence-corrected chi connectivity index (χ3v) is 8.53. The molecule has 1 atom stereocenters. The quantitative estimate of drug-likeness (QED) is 0.304. The van der Waals surface area contributed by atoms with Gasteiger partial charge >= 0.3 is 0 Å². The molecule has 5 rings (SSSR count). The molecule has 4 nitrogen and oxygen atoms in total. The van der Waals surface area contributed by atoms with Crippen LogP contribution >= 0.6 is 34.8 Å². The first-order chi connectivity index (χ1) is 18.4. The van der Waals surface area contributed by atoms with Gasteiger partial charge in [-0.2, -0.15) is 0 Å². The number of halogens is 3. The number of amidine groups is 1. The normalized spacial score (nSPS) is 20.3. The second kappa shape index (κ2) is 10.2. The van der Waals surface area contributed by atoms with Crippen molar-refractivity contribution in [2.24, 2.45) is 5.41 Å². The van der Waals surface area contributed by atoms with Crippen molar-refractivity contribution < 1.29 is 9.90 Å². The van der Waals surface area contributed by atoms with E-state index in [1.165, 1.54) is 0 Å². The molecule has 0 saturated carbocycles. The van der Waals surface area contributed by atoms with Crippen molar-refractivity contribution in [1.29, 1.82) is 5.41 Å². The van der Waals surface area contributed by atoms with Crippen LogP contribution in [0, 0.1) is 24.7 Å². The van der Waals surface area contributed by atoms with Crippen LogP contribution in [0.5, 0.6) is 0 Å². The van der Waals surface area contributed by atoms with E-state index >= 15 is 0 Å². The molecule has 0 amide bonds. The van der Waals surface area contributed by atoms with Gasteiger partial charge in [0.2, 0.25) is 0 Å². The number of rotatable bonds is 3. The Balaban J connectivity index is 1.90. The van der Waals surface area contributed by atoms with Crippen LogP contribution in [0.15, 0.2) is 77.5 Å². The average Bonchev–Trinajstić information content (AvgIpc) is 2.85. The highest BCUT2D eigenvalue weighted by Crippen LogP contribution is 2.53. The molecular weight excluding hydrogens is 551 g/mol. The molecule has 39 heavy (non-hydrogen) atoms. The van der Waals surface area contributed by atoms with E-state index in [0.717, 1.165) is 16.8 Å². The van der Waals surface area contributed by atoms with Gasteiger partial charge in [-0.3, -0.25) is 15.1 Å². The van der Waals surface area contributed by atoms with Crippen molar-refractivity contribution in [3.63, 3.8) is 0 Å². The van der Waals surface area contributed by atoms with Crippen molar-refractivity contribution in [1.82, 2.24) is 0 Å². The molecule has 1 aliphatic heterocycles. The summed E-state index contributed by atoms with van der Waals surface area (Å²) in [6.45, 7) is 7.98. The summed E-state index contributed by atoms with van der Waals surface area (Å²) < 4.78 is 0. The van der Waals surface area contributed by atoms with E-state index in [2.05, 4.69) is 13.8 Å². The molecule has 200 valence electrons. The average molecular weight is 580 g/mol. The van der Waals surface area contributed by atoms with E-state index in [1.807, 2.05) is 50.2 Å². The van der Waals surface area contributed by atoms with E-state index in [9.17, 15) is 15.3 Å². The Morgan fingerprint density at radius 1 is 0.974 bits per heavy atom. The zero-order chi connectivity index (χ0) is 28.2. The van der Waals surface area contributed by atoms with Gasteiger partial charge in [-0.15, -0.1) is 0 Å². The molecule has 0 bridgehead atoms. The molecule has 7 heteroatoms. The largest absolute Gasteiger partial charge is 0.507 e. The van der Waals surface area contributed by atoms with Gasteiger partial charge in [0, 0.05) is 49.8 Å². The van der Waals surface area contributed by atoms with Crippen molar-refractivity contribution in [2.45, 2.75) is 46.5 Å². The molecule has 0 saturated heterocycles. The Labute approximate surface area is 244 Å². The maximum absolute atomic E-state index is 14.0. The number of nitrogens with one attached hydrogen (secondary N) is 1. The molecule has 2 aliphatic rings. The topological polar surface area (TPSA) is 64.4 Å². The minimum absolute atomic E-state index is 0.0383. The Morgan fingerprint density at radius 2 is 1.67 bits per heavy atom. The smallest absolute Gasteiger partial charge is 0.162 e. The molecule has 0 radical (unpaired) electrons. The summed E-state index contributed by atoms with van der Waals surface area (Å²) >= 11 is 19.5. The molecule has 0 unspecified atom stereocenters. The first-order valence-corrected chi connectivity index (χ1v) is 13.9. The molecule has 3 aromatic carbocycles. The number of ketones is 1. The lowest BCUT2D eigenvalue weighted by atomic mass is 9.67. The lowest BCUT2D eigenvalue weighted by Gasteiger charge is -2.45. The van der Waals surface area contributed by atoms with Gasteiger partial charge in [0.1, 0.15) is 11.6 Å². The van der Waals surface area contributed by atoms with Crippen LogP contribution in [-0.2, 0) is 4.79 Å². The number of nitrogens with zero attached hydrogens (tertiary/aromatic N) is 1. The zero-order valence-corrected chi connectivity index (χ0v) is 24.5. The zero-order valence-electron chi connectivity index (χ0n) is 22.2. The van der Waals surface area contributed by atoms with Crippen LogP contribution in [0.4, 0.5) is 5.69 Å². The Hall–Kier alpha value is -3.05. The van der Waals surface area contributed by atoms with E-state index in [1.54, 1.807) is 29.2 Å². The number of hydrogen-bond donors (Lipinski definition) is 2. The van der Waals surface area contributed by atoms with Crippen molar-refractivity contribution in [2.75, 3.05) is 4.90 Å². The standard InChI is InChI=1S/C32H29Cl3N2O2/c1-17-8-10-19(11-9-17)30(39)29-27(21-13-12-20(33)14-23(21)35)28-25(15-32(3,4)16-26(28)38)37(31(29)36)24-7-5-6-22(34)18(24)2/h5-14,27,36,39H,15-16H2,1-4H3/t27-/m0/s1. The predicted octanol–water partition coefficient (Wildman–Crippen LogP) is 9.46. The van der Waals surface area contributed by atoms with Gasteiger partial charge in [0.15, 0.2) is 5.78 Å². The summed E-state index contributed by atoms with van der Waals surface area (Å²) in [4.78, 5) is 15.8. The summed E-state index contributed by atoms with van der Waals surface area (Å²) in [5.74, 6) is -0.801. The van der Waals surface area contributed by atoms with Gasteiger partial charge in [-0.1, -0.05) is 90.6 Å². The number of aliphatic hydroxyl groups excluding tert-OH is 1. The van der Waals surface area contributed by atoms with E-state index in [-0.39, 0.29) is 22.8 Å². The molecule has 0 spiro atoms. The minimum Gasteiger partial charge on any atom is -0.507 e. The van der Waals surface area contributed by atoms with Crippen LogP contribution in [0.2, 0.25) is 15.1 Å². The number of Topliss-reactive ketones (excluding diaryl/α,β-unsaturated/α-hetero) is 1. The highest BCUT2D eigenvalue weighted by Gasteiger charge is 2.47. The minimum atomic E-state index is -0.752. The highest BCUT2D eigenvalue weighted by molar-refractivity contribution is 6.35. The molecule has 0 fully saturated rings. The molecule has 1 aliphatic carbocycles. The lowest BCUT2D eigenvalue weighted by molar-refractivity contribution is -0.118. The van der Waals surface area contributed by atoms with Crippen LogP contribution in [0.3, 0.4) is 0 Å². The summed E-state index contributed by atoms with van der Waals surface area (Å²) in [5, 5.41) is 22.8. The van der Waals surface area contributed by atoms with Crippen molar-refractivity contribution in [3.05, 3.63) is 115 Å². The van der Waals surface area contributed by atoms with E-state index in [0.29, 0.717) is 55.9 Å². The Bertz CT molecular complexity index is 1590. The van der Waals surface area contributed by atoms with Crippen molar-refractivity contribution in [3.8, 4) is 0 Å². The molecule has 2 N–H and O–H groups in total. The number of benzene rings is 3. The van der Waals surface area contributed by atoms with Gasteiger partial charge < -0.3 is 5.11 Å². The number of allylic oxidation sites excluding steroid dienone is 2. The number of carbonyl (C=O) groups is 1. The van der Waals surface area contributed by atoms with Gasteiger partial charge in [0.05, 0.1) is 5.69 Å². The Kier molecular flexibility index (Phi) is 7.17. The third kappa shape index (κ3) is 4.91. The molecular formula is C32H29Cl3N2O2. The molecule has 1 heterocycles. The summed E-state index contributed by atoms with van der Waals surface area (Å²) in [7, 11) is 0. The molecule has 3 aromatic rings. The Morgan fingerprint density at radius 3 is 2.33 bits per heavy atom. The van der Waals surface area contributed by atoms with Crippen molar-refractivity contribution >= 4 is 57.9 Å². The van der Waals surface area contributed by atoms with Gasteiger partial charge in [0.25, 0.3) is 0 Å². The summed E-state index contributed by atoms with van der Waals surface area (Å²) in [6.07, 6.45) is 0.893. The second-order valence-corrected chi connectivity index (χ2v) is 12.3. The highest BCUT2D eigenvalue weighted by atomic mass is 35.5. The number of carbonyl (C=O) groups excluding carboxylic acids is 1. The molecule has 0 aromatic heterocycles. The van der Waals surface area contributed by atoms with Crippen LogP contribution in [0.25, 0.3) is 5.76 Å². The SMILES string of the molecule is Cc1ccc(C(O)=C2C(=N)N(c3cccc(Cl)c3C)C3=C(C(=O)CC(C)(C)C3)[C@@H]2c2ccc(Cl)cc2Cl)cc1. The van der Waals surface area contributed by atoms with Crippen LogP contribution < -0.4 is 4.90 Å². The maximum atomic E-state index is 14.0. The number of anilines is 1. The van der Waals surface area contributed by atoms with Crippen LogP contribution in [0.1, 0.15) is 54.9 Å². The fourth-order valence-corrected chi connectivity index (χ4v) is 6.32. The van der Waals surface area contributed by atoms with E-state index < -0.39 is 5.92 Å². The maximum Gasteiger partial charge on any atom is 0.162 e. The predicted molar refractivity (Wildman–Crippen MR) is 161 cm³/mol. The number of aliphatic hydroxyl groups is 1. The van der Waals surface area contributed by atoms with Crippen LogP contribution in [-0.4, -0.2) is 16.7 Å². The first kappa shape index (κ1) is 27.5. The lowest BCUT2D eigenvalue weighted by Crippen LogP contribution is -2.45. The number of aryl methyl sites for hydroxylation is 1. The fraction of sp³-hybridized carbons (Fsp3) is 0.250. The van der Waals surface area contributed by atoms with Gasteiger partial charge in [-0.25, -0.2) is 0 Å². The summed E-state index contributed by atoms with van der Waals surface area (Å²) in [6, 6.07) is 18.1. The van der Waals surface area contributed by atoms with E-state index in [4.69, 9.17) is 34.8 Å².